The van der Waals surface area contributed by atoms with Crippen LogP contribution in [0.5, 0.6) is 5.75 Å². The molecule has 0 saturated carbocycles. The number of nitrogens with zero attached hydrogens (tertiary/aromatic N) is 3. The average Bonchev–Trinajstić information content (AvgIpc) is 2.92. The first-order chi connectivity index (χ1) is 20.1. The quantitative estimate of drug-likeness (QED) is 0.228. The topological polar surface area (TPSA) is 139 Å². The van der Waals surface area contributed by atoms with Crippen LogP contribution >= 0.6 is 11.6 Å². The van der Waals surface area contributed by atoms with Gasteiger partial charge in [-0.2, -0.15) is 0 Å². The molecule has 0 bridgehead atoms. The van der Waals surface area contributed by atoms with Gasteiger partial charge in [0.2, 0.25) is 21.8 Å². The van der Waals surface area contributed by atoms with Crippen molar-refractivity contribution in [3.63, 3.8) is 0 Å². The Balaban J connectivity index is 2.15. The first-order valence-electron chi connectivity index (χ1n) is 13.3. The van der Waals surface area contributed by atoms with Gasteiger partial charge in [-0.25, -0.2) is 8.42 Å². The Labute approximate surface area is 256 Å². The van der Waals surface area contributed by atoms with Gasteiger partial charge in [-0.3, -0.25) is 24.0 Å². The zero-order valence-electron chi connectivity index (χ0n) is 24.6. The van der Waals surface area contributed by atoms with Crippen molar-refractivity contribution in [3.05, 3.63) is 99.1 Å². The van der Waals surface area contributed by atoms with E-state index in [9.17, 15) is 28.1 Å². The number of nitro benzene ring substituents is 1. The van der Waals surface area contributed by atoms with Crippen molar-refractivity contribution in [1.82, 2.24) is 10.2 Å². The van der Waals surface area contributed by atoms with Crippen LogP contribution < -0.4 is 14.4 Å². The largest absolute Gasteiger partial charge is 0.495 e. The molecule has 3 aromatic rings. The highest BCUT2D eigenvalue weighted by atomic mass is 35.5. The zero-order valence-corrected chi connectivity index (χ0v) is 26.2. The molecule has 0 aliphatic carbocycles. The van der Waals surface area contributed by atoms with E-state index in [0.717, 1.165) is 22.2 Å². The molecule has 0 unspecified atom stereocenters. The van der Waals surface area contributed by atoms with Crippen LogP contribution in [-0.2, 0) is 32.6 Å². The van der Waals surface area contributed by atoms with Crippen molar-refractivity contribution in [1.29, 1.82) is 0 Å². The van der Waals surface area contributed by atoms with Gasteiger partial charge in [0.15, 0.2) is 0 Å². The molecule has 0 saturated heterocycles. The van der Waals surface area contributed by atoms with E-state index >= 15 is 0 Å². The summed E-state index contributed by atoms with van der Waals surface area (Å²) in [7, 11) is -2.89. The fourth-order valence-electron chi connectivity index (χ4n) is 4.42. The Kier molecular flexibility index (Phi) is 10.8. The van der Waals surface area contributed by atoms with Gasteiger partial charge in [-0.1, -0.05) is 54.1 Å². The molecule has 2 amide bonds. The van der Waals surface area contributed by atoms with E-state index < -0.39 is 44.9 Å². The smallest absolute Gasteiger partial charge is 0.271 e. The van der Waals surface area contributed by atoms with Gasteiger partial charge in [0.25, 0.3) is 5.69 Å². The lowest BCUT2D eigenvalue weighted by Crippen LogP contribution is -2.56. The number of non-ortho nitro benzene ring substituents is 1. The lowest BCUT2D eigenvalue weighted by Gasteiger charge is -2.35. The molecule has 13 heteroatoms. The Morgan fingerprint density at radius 2 is 1.67 bits per heavy atom. The maximum Gasteiger partial charge on any atom is 0.271 e. The minimum absolute atomic E-state index is 0.0107. The summed E-state index contributed by atoms with van der Waals surface area (Å²) in [5.41, 5.74) is 0.182. The Morgan fingerprint density at radius 3 is 2.23 bits per heavy atom. The molecular weight excluding hydrogens is 596 g/mol. The molecule has 0 aromatic heterocycles. The number of carbonyl (C=O) groups excluding carboxylic acids is 2. The highest BCUT2D eigenvalue weighted by Gasteiger charge is 2.35. The first-order valence-corrected chi connectivity index (χ1v) is 15.5. The van der Waals surface area contributed by atoms with Crippen molar-refractivity contribution < 1.29 is 27.7 Å². The predicted molar refractivity (Wildman–Crippen MR) is 166 cm³/mol. The van der Waals surface area contributed by atoms with E-state index in [1.807, 2.05) is 51.1 Å². The Bertz CT molecular complexity index is 1580. The van der Waals surface area contributed by atoms with E-state index in [1.165, 1.54) is 24.1 Å². The molecule has 0 aliphatic rings. The predicted octanol–water partition coefficient (Wildman–Crippen LogP) is 4.58. The van der Waals surface area contributed by atoms with E-state index in [0.29, 0.717) is 10.6 Å². The van der Waals surface area contributed by atoms with Crippen LogP contribution in [0.15, 0.2) is 72.8 Å². The second-order valence-electron chi connectivity index (χ2n) is 11.0. The summed E-state index contributed by atoms with van der Waals surface area (Å²) < 4.78 is 32.2. The van der Waals surface area contributed by atoms with Gasteiger partial charge in [0.1, 0.15) is 24.0 Å². The third kappa shape index (κ3) is 9.42. The van der Waals surface area contributed by atoms with E-state index in [1.54, 1.807) is 24.3 Å². The molecule has 3 rings (SSSR count). The van der Waals surface area contributed by atoms with Crippen molar-refractivity contribution in [2.75, 3.05) is 24.2 Å². The highest BCUT2D eigenvalue weighted by Crippen LogP contribution is 2.34. The van der Waals surface area contributed by atoms with Crippen molar-refractivity contribution in [2.45, 2.75) is 45.3 Å². The van der Waals surface area contributed by atoms with E-state index in [-0.39, 0.29) is 30.1 Å². The lowest BCUT2D eigenvalue weighted by atomic mass is 10.0. The maximum absolute atomic E-state index is 14.2. The fraction of sp³-hybridized carbons (Fsp3) is 0.333. The second-order valence-corrected chi connectivity index (χ2v) is 13.3. The van der Waals surface area contributed by atoms with Gasteiger partial charge in [-0.15, -0.1) is 0 Å². The molecular formula is C30H35ClN4O7S. The van der Waals surface area contributed by atoms with Gasteiger partial charge in [0.05, 0.1) is 18.3 Å². The number of amides is 2. The van der Waals surface area contributed by atoms with Gasteiger partial charge < -0.3 is 15.0 Å². The van der Waals surface area contributed by atoms with Crippen LogP contribution in [0.2, 0.25) is 5.02 Å². The number of nitro groups is 1. The van der Waals surface area contributed by atoms with Crippen molar-refractivity contribution in [3.8, 4) is 5.75 Å². The number of carbonyl (C=O) groups is 2. The first kappa shape index (κ1) is 33.3. The molecule has 1 atom stereocenters. The zero-order chi connectivity index (χ0) is 31.9. The number of benzene rings is 3. The minimum atomic E-state index is -4.17. The summed E-state index contributed by atoms with van der Waals surface area (Å²) >= 11 is 6.23. The van der Waals surface area contributed by atoms with Crippen molar-refractivity contribution >= 4 is 44.8 Å². The fourth-order valence-corrected chi connectivity index (χ4v) is 5.48. The number of halogens is 1. The average molecular weight is 631 g/mol. The van der Waals surface area contributed by atoms with Gasteiger partial charge >= 0.3 is 0 Å². The number of methoxy groups -OCH3 is 1. The van der Waals surface area contributed by atoms with Crippen LogP contribution in [0.1, 0.15) is 31.9 Å². The minimum Gasteiger partial charge on any atom is -0.495 e. The number of rotatable bonds is 12. The number of ether oxygens (including phenoxy) is 1. The molecule has 3 aromatic carbocycles. The summed E-state index contributed by atoms with van der Waals surface area (Å²) in [5.74, 6) is -1.15. The van der Waals surface area contributed by atoms with Gasteiger partial charge in [-0.05, 0) is 50.1 Å². The maximum atomic E-state index is 14.2. The van der Waals surface area contributed by atoms with Crippen LogP contribution in [-0.4, -0.2) is 61.5 Å². The number of sulfonamides is 1. The summed E-state index contributed by atoms with van der Waals surface area (Å²) in [5, 5.41) is 14.9. The van der Waals surface area contributed by atoms with Crippen LogP contribution in [0.25, 0.3) is 0 Å². The molecule has 0 spiro atoms. The Hall–Kier alpha value is -4.16. The molecule has 0 heterocycles. The Morgan fingerprint density at radius 1 is 1.02 bits per heavy atom. The number of anilines is 1. The molecule has 230 valence electrons. The highest BCUT2D eigenvalue weighted by molar-refractivity contribution is 7.92. The molecule has 0 fully saturated rings. The number of nitrogens with one attached hydrogen (secondary N) is 1. The molecule has 0 aliphatic heterocycles. The molecule has 43 heavy (non-hydrogen) atoms. The van der Waals surface area contributed by atoms with E-state index in [4.69, 9.17) is 16.3 Å². The van der Waals surface area contributed by atoms with Crippen LogP contribution in [0.4, 0.5) is 11.4 Å². The molecule has 11 nitrogen and oxygen atoms in total. The second kappa shape index (κ2) is 13.9. The lowest BCUT2D eigenvalue weighted by molar-refractivity contribution is -0.384. The van der Waals surface area contributed by atoms with Crippen LogP contribution in [0.3, 0.4) is 0 Å². The summed E-state index contributed by atoms with van der Waals surface area (Å²) in [4.78, 5) is 40.1. The van der Waals surface area contributed by atoms with Crippen molar-refractivity contribution in [2.24, 2.45) is 0 Å². The van der Waals surface area contributed by atoms with Crippen LogP contribution in [0, 0.1) is 10.1 Å². The number of hydrogen-bond acceptors (Lipinski definition) is 7. The molecule has 1 N–H and O–H groups in total. The summed E-state index contributed by atoms with van der Waals surface area (Å²) in [6.45, 7) is 4.61. The third-order valence-electron chi connectivity index (χ3n) is 6.33. The van der Waals surface area contributed by atoms with E-state index in [2.05, 4.69) is 5.32 Å². The third-order valence-corrected chi connectivity index (χ3v) is 7.69. The molecule has 0 radical (unpaired) electrons. The summed E-state index contributed by atoms with van der Waals surface area (Å²) in [6, 6.07) is 18.3. The normalized spacial score (nSPS) is 12.2. The summed E-state index contributed by atoms with van der Waals surface area (Å²) in [6.07, 6.45) is 1.02. The number of hydrogen-bond donors (Lipinski definition) is 1. The SMILES string of the molecule is COc1ccc([N+](=O)[O-])cc1N(CC(=O)N(Cc1cccc(Cl)c1)[C@@H](Cc1ccccc1)C(=O)NC(C)(C)C)S(C)(=O)=O. The van der Waals surface area contributed by atoms with Gasteiger partial charge in [0, 0.05) is 35.7 Å². The standard InChI is InChI=1S/C30H35ClN4O7S/c1-30(2,3)32-29(37)26(17-21-10-7-6-8-11-21)33(19-22-12-9-13-23(31)16-22)28(36)20-34(43(5,40)41)25-18-24(35(38)39)14-15-27(25)42-4/h6-16,18,26H,17,19-20H2,1-5H3,(H,32,37)/t26-/m0/s1. The monoisotopic (exact) mass is 630 g/mol.